The van der Waals surface area contributed by atoms with Gasteiger partial charge in [-0.1, -0.05) is 48.5 Å². The molecular formula is C23H19NO2. The van der Waals surface area contributed by atoms with Crippen molar-refractivity contribution >= 4 is 11.7 Å². The van der Waals surface area contributed by atoms with Gasteiger partial charge in [0.2, 0.25) is 0 Å². The lowest BCUT2D eigenvalue weighted by Gasteiger charge is -2.08. The Labute approximate surface area is 152 Å². The summed E-state index contributed by atoms with van der Waals surface area (Å²) in [6.07, 6.45) is 0. The Bertz CT molecular complexity index is 1050. The summed E-state index contributed by atoms with van der Waals surface area (Å²) in [5.41, 5.74) is 7.85. The molecule has 1 aliphatic rings. The van der Waals surface area contributed by atoms with Crippen LogP contribution in [0, 0.1) is 0 Å². The quantitative estimate of drug-likeness (QED) is 0.551. The Morgan fingerprint density at radius 3 is 2.23 bits per heavy atom. The molecule has 1 aliphatic carbocycles. The van der Waals surface area contributed by atoms with Crippen molar-refractivity contribution in [3.63, 3.8) is 0 Å². The molecule has 26 heavy (non-hydrogen) atoms. The van der Waals surface area contributed by atoms with E-state index in [0.29, 0.717) is 5.56 Å². The third-order valence-electron chi connectivity index (χ3n) is 4.58. The number of carboxylic acids is 1. The van der Waals surface area contributed by atoms with Crippen LogP contribution in [0.1, 0.15) is 35.3 Å². The highest BCUT2D eigenvalue weighted by Crippen LogP contribution is 2.39. The van der Waals surface area contributed by atoms with Gasteiger partial charge in [-0.2, -0.15) is 0 Å². The molecule has 1 N–H and O–H groups in total. The van der Waals surface area contributed by atoms with Gasteiger partial charge in [-0.15, -0.1) is 0 Å². The van der Waals surface area contributed by atoms with Gasteiger partial charge >= 0.3 is 5.97 Å². The molecule has 3 heteroatoms. The summed E-state index contributed by atoms with van der Waals surface area (Å²) < 4.78 is 0. The lowest BCUT2D eigenvalue weighted by Crippen LogP contribution is -2.03. The van der Waals surface area contributed by atoms with E-state index in [0.717, 1.165) is 28.0 Å². The fraction of sp³-hybridized carbons (Fsp3) is 0.130. The van der Waals surface area contributed by atoms with E-state index in [4.69, 9.17) is 4.99 Å². The van der Waals surface area contributed by atoms with E-state index in [9.17, 15) is 9.90 Å². The summed E-state index contributed by atoms with van der Waals surface area (Å²) in [5.74, 6) is -0.914. The standard InChI is InChI=1S/C23H19NO2/c1-14(2)24-22-20-9-4-3-8-18(20)19-11-10-16(13-21(19)22)15-6-5-7-17(12-15)23(25)26/h3-14H,1-2H3,(H,25,26)/b24-22+. The first-order valence-electron chi connectivity index (χ1n) is 8.70. The first-order valence-corrected chi connectivity index (χ1v) is 8.70. The van der Waals surface area contributed by atoms with E-state index in [1.54, 1.807) is 18.2 Å². The molecule has 0 atom stereocenters. The normalized spacial score (nSPS) is 13.7. The molecule has 3 aromatic carbocycles. The molecule has 0 unspecified atom stereocenters. The predicted octanol–water partition coefficient (Wildman–Crippen LogP) is 5.28. The molecule has 4 rings (SSSR count). The number of aromatic carboxylic acids is 1. The maximum Gasteiger partial charge on any atom is 0.335 e. The number of hydrogen-bond acceptors (Lipinski definition) is 2. The fourth-order valence-electron chi connectivity index (χ4n) is 3.45. The minimum Gasteiger partial charge on any atom is -0.478 e. The number of nitrogens with zero attached hydrogens (tertiary/aromatic N) is 1. The molecule has 3 nitrogen and oxygen atoms in total. The Morgan fingerprint density at radius 2 is 1.50 bits per heavy atom. The molecule has 3 aromatic rings. The minimum absolute atomic E-state index is 0.197. The molecule has 0 radical (unpaired) electrons. The van der Waals surface area contributed by atoms with Gasteiger partial charge in [-0.25, -0.2) is 4.79 Å². The SMILES string of the molecule is CC(C)/N=C1\c2ccccc2-c2ccc(-c3cccc(C(=O)O)c3)cc21. The van der Waals surface area contributed by atoms with E-state index in [-0.39, 0.29) is 6.04 Å². The third-order valence-corrected chi connectivity index (χ3v) is 4.58. The highest BCUT2D eigenvalue weighted by Gasteiger charge is 2.25. The van der Waals surface area contributed by atoms with E-state index < -0.39 is 5.97 Å². The van der Waals surface area contributed by atoms with Gasteiger partial charge in [0, 0.05) is 17.2 Å². The summed E-state index contributed by atoms with van der Waals surface area (Å²) in [5, 5.41) is 9.25. The molecule has 0 bridgehead atoms. The Balaban J connectivity index is 1.89. The molecule has 0 heterocycles. The number of fused-ring (bicyclic) bond motifs is 3. The van der Waals surface area contributed by atoms with Crippen molar-refractivity contribution in [2.24, 2.45) is 4.99 Å². The second-order valence-electron chi connectivity index (χ2n) is 6.76. The molecular weight excluding hydrogens is 322 g/mol. The number of aliphatic imine (C=N–C) groups is 1. The summed E-state index contributed by atoms with van der Waals surface area (Å²) >= 11 is 0. The largest absolute Gasteiger partial charge is 0.478 e. The van der Waals surface area contributed by atoms with Gasteiger partial charge in [-0.05, 0) is 54.3 Å². The van der Waals surface area contributed by atoms with Crippen LogP contribution in [-0.4, -0.2) is 22.8 Å². The zero-order valence-corrected chi connectivity index (χ0v) is 14.7. The topological polar surface area (TPSA) is 49.7 Å². The second kappa shape index (κ2) is 6.26. The van der Waals surface area contributed by atoms with E-state index in [1.807, 2.05) is 18.2 Å². The van der Waals surface area contributed by atoms with Gasteiger partial charge in [0.25, 0.3) is 0 Å². The van der Waals surface area contributed by atoms with Crippen LogP contribution in [0.5, 0.6) is 0 Å². The summed E-state index contributed by atoms with van der Waals surface area (Å²) in [6, 6.07) is 21.9. The van der Waals surface area contributed by atoms with Crippen LogP contribution in [0.2, 0.25) is 0 Å². The number of hydrogen-bond donors (Lipinski definition) is 1. The minimum atomic E-state index is -0.914. The molecule has 0 saturated heterocycles. The van der Waals surface area contributed by atoms with Gasteiger partial charge in [-0.3, -0.25) is 4.99 Å². The maximum absolute atomic E-state index is 11.3. The van der Waals surface area contributed by atoms with Gasteiger partial charge in [0.1, 0.15) is 0 Å². The van der Waals surface area contributed by atoms with Crippen LogP contribution in [0.25, 0.3) is 22.3 Å². The van der Waals surface area contributed by atoms with Gasteiger partial charge < -0.3 is 5.11 Å². The van der Waals surface area contributed by atoms with Crippen LogP contribution < -0.4 is 0 Å². The molecule has 0 fully saturated rings. The number of benzene rings is 3. The third kappa shape index (κ3) is 2.72. The van der Waals surface area contributed by atoms with Gasteiger partial charge in [0.05, 0.1) is 11.3 Å². The Morgan fingerprint density at radius 1 is 0.808 bits per heavy atom. The average Bonchev–Trinajstić information content (AvgIpc) is 2.95. The lowest BCUT2D eigenvalue weighted by molar-refractivity contribution is 0.0697. The van der Waals surface area contributed by atoms with Crippen molar-refractivity contribution in [2.45, 2.75) is 19.9 Å². The molecule has 0 spiro atoms. The second-order valence-corrected chi connectivity index (χ2v) is 6.76. The number of carboxylic acid groups (broad SMARTS) is 1. The van der Waals surface area contributed by atoms with Crippen molar-refractivity contribution in [3.05, 3.63) is 83.4 Å². The highest BCUT2D eigenvalue weighted by atomic mass is 16.4. The molecule has 0 amide bonds. The number of carbonyl (C=O) groups is 1. The van der Waals surface area contributed by atoms with Crippen LogP contribution in [-0.2, 0) is 0 Å². The summed E-state index contributed by atoms with van der Waals surface area (Å²) in [7, 11) is 0. The monoisotopic (exact) mass is 341 g/mol. The van der Waals surface area contributed by atoms with Gasteiger partial charge in [0.15, 0.2) is 0 Å². The van der Waals surface area contributed by atoms with Crippen molar-refractivity contribution in [1.29, 1.82) is 0 Å². The van der Waals surface area contributed by atoms with Crippen molar-refractivity contribution in [3.8, 4) is 22.3 Å². The molecule has 0 aliphatic heterocycles. The van der Waals surface area contributed by atoms with Crippen molar-refractivity contribution < 1.29 is 9.90 Å². The highest BCUT2D eigenvalue weighted by molar-refractivity contribution is 6.25. The molecule has 128 valence electrons. The summed E-state index contributed by atoms with van der Waals surface area (Å²) in [4.78, 5) is 16.1. The molecule has 0 saturated carbocycles. The maximum atomic E-state index is 11.3. The van der Waals surface area contributed by atoms with Crippen LogP contribution in [0.15, 0.2) is 71.7 Å². The zero-order chi connectivity index (χ0) is 18.3. The molecule has 0 aromatic heterocycles. The summed E-state index contributed by atoms with van der Waals surface area (Å²) in [6.45, 7) is 4.15. The van der Waals surface area contributed by atoms with Crippen molar-refractivity contribution in [1.82, 2.24) is 0 Å². The Kier molecular flexibility index (Phi) is 3.92. The average molecular weight is 341 g/mol. The van der Waals surface area contributed by atoms with Crippen LogP contribution in [0.3, 0.4) is 0 Å². The smallest absolute Gasteiger partial charge is 0.335 e. The van der Waals surface area contributed by atoms with Crippen molar-refractivity contribution in [2.75, 3.05) is 0 Å². The first-order chi connectivity index (χ1) is 12.5. The zero-order valence-electron chi connectivity index (χ0n) is 14.7. The van der Waals surface area contributed by atoms with Crippen LogP contribution >= 0.6 is 0 Å². The Hall–Kier alpha value is -3.20. The predicted molar refractivity (Wildman–Crippen MR) is 105 cm³/mol. The van der Waals surface area contributed by atoms with E-state index in [1.165, 1.54) is 11.1 Å². The van der Waals surface area contributed by atoms with E-state index in [2.05, 4.69) is 44.2 Å². The van der Waals surface area contributed by atoms with E-state index >= 15 is 0 Å². The first kappa shape index (κ1) is 16.3. The lowest BCUT2D eigenvalue weighted by atomic mass is 9.97. The number of rotatable bonds is 3. The fourth-order valence-corrected chi connectivity index (χ4v) is 3.45. The van der Waals surface area contributed by atoms with Crippen LogP contribution in [0.4, 0.5) is 0 Å².